The van der Waals surface area contributed by atoms with Gasteiger partial charge in [-0.15, -0.1) is 0 Å². The molecule has 1 aromatic carbocycles. The third-order valence-corrected chi connectivity index (χ3v) is 4.61. The zero-order chi connectivity index (χ0) is 12.6. The summed E-state index contributed by atoms with van der Waals surface area (Å²) in [6, 6.07) is 6.94. The normalized spacial score (nSPS) is 20.7. The van der Waals surface area contributed by atoms with Gasteiger partial charge < -0.3 is 10.6 Å². The van der Waals surface area contributed by atoms with E-state index >= 15 is 0 Å². The number of aryl methyl sites for hydroxylation is 2. The Morgan fingerprint density at radius 3 is 2.89 bits per heavy atom. The third kappa shape index (κ3) is 2.26. The number of benzene rings is 1. The molecule has 2 N–H and O–H groups in total. The van der Waals surface area contributed by atoms with Crippen molar-refractivity contribution in [3.63, 3.8) is 0 Å². The van der Waals surface area contributed by atoms with Gasteiger partial charge in [-0.2, -0.15) is 0 Å². The van der Waals surface area contributed by atoms with E-state index in [4.69, 9.17) is 5.73 Å². The van der Waals surface area contributed by atoms with Crippen molar-refractivity contribution in [3.8, 4) is 0 Å². The summed E-state index contributed by atoms with van der Waals surface area (Å²) in [4.78, 5) is 2.61. The van der Waals surface area contributed by atoms with E-state index in [2.05, 4.69) is 30.0 Å². The highest BCUT2D eigenvalue weighted by Gasteiger charge is 2.43. The summed E-state index contributed by atoms with van der Waals surface area (Å²) in [7, 11) is 0. The van der Waals surface area contributed by atoms with Crippen LogP contribution in [0, 0.1) is 12.3 Å². The lowest BCUT2D eigenvalue weighted by Gasteiger charge is -2.34. The van der Waals surface area contributed by atoms with Crippen LogP contribution in [0.1, 0.15) is 36.8 Å². The van der Waals surface area contributed by atoms with Crippen LogP contribution in [-0.4, -0.2) is 19.6 Å². The Balaban J connectivity index is 1.79. The molecule has 2 nitrogen and oxygen atoms in total. The average molecular weight is 244 g/mol. The molecule has 0 aromatic heterocycles. The maximum atomic E-state index is 5.76. The molecule has 0 bridgehead atoms. The van der Waals surface area contributed by atoms with E-state index in [1.807, 2.05) is 0 Å². The zero-order valence-corrected chi connectivity index (χ0v) is 11.4. The number of nitrogens with zero attached hydrogens (tertiary/aromatic N) is 1. The molecule has 0 spiro atoms. The second kappa shape index (κ2) is 4.58. The minimum atomic E-state index is 0.550. The van der Waals surface area contributed by atoms with E-state index in [1.165, 1.54) is 56.4 Å². The fourth-order valence-corrected chi connectivity index (χ4v) is 3.34. The fourth-order valence-electron chi connectivity index (χ4n) is 3.34. The van der Waals surface area contributed by atoms with Crippen molar-refractivity contribution in [3.05, 3.63) is 29.3 Å². The van der Waals surface area contributed by atoms with Crippen LogP contribution in [-0.2, 0) is 6.42 Å². The molecule has 2 aliphatic rings. The lowest BCUT2D eigenvalue weighted by atomic mass is 9.96. The predicted molar refractivity (Wildman–Crippen MR) is 77.1 cm³/mol. The van der Waals surface area contributed by atoms with Gasteiger partial charge in [0.05, 0.1) is 0 Å². The Morgan fingerprint density at radius 1 is 1.33 bits per heavy atom. The molecule has 1 fully saturated rings. The van der Waals surface area contributed by atoms with Crippen LogP contribution < -0.4 is 10.6 Å². The predicted octanol–water partition coefficient (Wildman–Crippen LogP) is 2.88. The highest BCUT2D eigenvalue weighted by molar-refractivity contribution is 5.57. The first-order valence-electron chi connectivity index (χ1n) is 7.27. The first-order chi connectivity index (χ1) is 8.72. The Bertz CT molecular complexity index is 435. The summed E-state index contributed by atoms with van der Waals surface area (Å²) in [6.45, 7) is 5.48. The smallest absolute Gasteiger partial charge is 0.0399 e. The summed E-state index contributed by atoms with van der Waals surface area (Å²) in [6.07, 6.45) is 6.50. The number of rotatable bonds is 4. The first kappa shape index (κ1) is 12.0. The lowest BCUT2D eigenvalue weighted by molar-refractivity contribution is 0.458. The molecule has 98 valence electrons. The molecule has 3 rings (SSSR count). The summed E-state index contributed by atoms with van der Waals surface area (Å²) < 4.78 is 0. The van der Waals surface area contributed by atoms with E-state index in [-0.39, 0.29) is 0 Å². The molecule has 2 heteroatoms. The van der Waals surface area contributed by atoms with Crippen LogP contribution in [0.2, 0.25) is 0 Å². The van der Waals surface area contributed by atoms with Gasteiger partial charge in [0.1, 0.15) is 0 Å². The third-order valence-electron chi connectivity index (χ3n) is 4.61. The SMILES string of the molecule is Cc1ccc2c(c1)CCCN2CC1(CCN)CC1. The number of fused-ring (bicyclic) bond motifs is 1. The highest BCUT2D eigenvalue weighted by Crippen LogP contribution is 2.50. The molecule has 0 amide bonds. The van der Waals surface area contributed by atoms with Gasteiger partial charge in [-0.05, 0) is 62.6 Å². The van der Waals surface area contributed by atoms with Crippen LogP contribution in [0.5, 0.6) is 0 Å². The van der Waals surface area contributed by atoms with Gasteiger partial charge in [0.2, 0.25) is 0 Å². The molecule has 1 aliphatic carbocycles. The first-order valence-corrected chi connectivity index (χ1v) is 7.27. The summed E-state index contributed by atoms with van der Waals surface area (Å²) in [5, 5.41) is 0. The van der Waals surface area contributed by atoms with Gasteiger partial charge in [-0.3, -0.25) is 0 Å². The Kier molecular flexibility index (Phi) is 3.06. The zero-order valence-electron chi connectivity index (χ0n) is 11.4. The molecule has 1 heterocycles. The number of anilines is 1. The summed E-state index contributed by atoms with van der Waals surface area (Å²) in [5.41, 5.74) is 10.7. The average Bonchev–Trinajstić information content (AvgIpc) is 3.09. The number of hydrogen-bond donors (Lipinski definition) is 1. The van der Waals surface area contributed by atoms with Crippen molar-refractivity contribution >= 4 is 5.69 Å². The second-order valence-corrected chi connectivity index (χ2v) is 6.20. The van der Waals surface area contributed by atoms with Crippen molar-refractivity contribution in [1.29, 1.82) is 0 Å². The standard InChI is InChI=1S/C16H24N2/c1-13-4-5-15-14(11-13)3-2-10-18(15)12-16(6-7-16)8-9-17/h4-5,11H,2-3,6-10,12,17H2,1H3. The summed E-state index contributed by atoms with van der Waals surface area (Å²) in [5.74, 6) is 0. The topological polar surface area (TPSA) is 29.3 Å². The highest BCUT2D eigenvalue weighted by atomic mass is 15.1. The maximum Gasteiger partial charge on any atom is 0.0399 e. The number of nitrogens with two attached hydrogens (primary N) is 1. The molecule has 0 atom stereocenters. The van der Waals surface area contributed by atoms with Crippen LogP contribution in [0.4, 0.5) is 5.69 Å². The minimum absolute atomic E-state index is 0.550. The van der Waals surface area contributed by atoms with Crippen molar-refractivity contribution in [1.82, 2.24) is 0 Å². The van der Waals surface area contributed by atoms with Gasteiger partial charge >= 0.3 is 0 Å². The molecule has 1 aliphatic heterocycles. The Labute approximate surface area is 110 Å². The molecule has 0 saturated heterocycles. The van der Waals surface area contributed by atoms with Gasteiger partial charge in [0.25, 0.3) is 0 Å². The van der Waals surface area contributed by atoms with E-state index in [0.717, 1.165) is 6.54 Å². The van der Waals surface area contributed by atoms with E-state index in [0.29, 0.717) is 5.41 Å². The summed E-state index contributed by atoms with van der Waals surface area (Å²) >= 11 is 0. The second-order valence-electron chi connectivity index (χ2n) is 6.20. The van der Waals surface area contributed by atoms with Crippen molar-refractivity contribution < 1.29 is 0 Å². The molecule has 0 radical (unpaired) electrons. The fraction of sp³-hybridized carbons (Fsp3) is 0.625. The van der Waals surface area contributed by atoms with Crippen LogP contribution in [0.15, 0.2) is 18.2 Å². The maximum absolute atomic E-state index is 5.76. The Hall–Kier alpha value is -1.02. The molecule has 1 saturated carbocycles. The largest absolute Gasteiger partial charge is 0.371 e. The van der Waals surface area contributed by atoms with Crippen molar-refractivity contribution in [2.75, 3.05) is 24.5 Å². The number of hydrogen-bond acceptors (Lipinski definition) is 2. The monoisotopic (exact) mass is 244 g/mol. The van der Waals surface area contributed by atoms with Crippen LogP contribution >= 0.6 is 0 Å². The minimum Gasteiger partial charge on any atom is -0.371 e. The van der Waals surface area contributed by atoms with Crippen LogP contribution in [0.25, 0.3) is 0 Å². The van der Waals surface area contributed by atoms with Crippen molar-refractivity contribution in [2.24, 2.45) is 11.1 Å². The van der Waals surface area contributed by atoms with Crippen LogP contribution in [0.3, 0.4) is 0 Å². The molecular weight excluding hydrogens is 220 g/mol. The van der Waals surface area contributed by atoms with E-state index in [1.54, 1.807) is 5.56 Å². The Morgan fingerprint density at radius 2 is 2.17 bits per heavy atom. The van der Waals surface area contributed by atoms with E-state index < -0.39 is 0 Å². The van der Waals surface area contributed by atoms with Crippen molar-refractivity contribution in [2.45, 2.75) is 39.0 Å². The molecular formula is C16H24N2. The molecule has 1 aromatic rings. The lowest BCUT2D eigenvalue weighted by Crippen LogP contribution is -2.35. The van der Waals surface area contributed by atoms with Gasteiger partial charge in [0.15, 0.2) is 0 Å². The van der Waals surface area contributed by atoms with Gasteiger partial charge in [-0.25, -0.2) is 0 Å². The van der Waals surface area contributed by atoms with E-state index in [9.17, 15) is 0 Å². The van der Waals surface area contributed by atoms with Gasteiger partial charge in [0, 0.05) is 18.8 Å². The quantitative estimate of drug-likeness (QED) is 0.882. The molecule has 0 unspecified atom stereocenters. The molecule has 18 heavy (non-hydrogen) atoms. The van der Waals surface area contributed by atoms with Gasteiger partial charge in [-0.1, -0.05) is 17.7 Å².